The molecule has 0 atom stereocenters. The summed E-state index contributed by atoms with van der Waals surface area (Å²) in [6.07, 6.45) is 2.64. The average Bonchev–Trinajstić information content (AvgIpc) is 2.36. The van der Waals surface area contributed by atoms with E-state index in [0.29, 0.717) is 0 Å². The van der Waals surface area contributed by atoms with Crippen molar-refractivity contribution in [2.75, 3.05) is 13.1 Å². The zero-order valence-corrected chi connectivity index (χ0v) is 7.43. The van der Waals surface area contributed by atoms with Gasteiger partial charge in [-0.25, -0.2) is 0 Å². The Hall–Kier alpha value is -0.900. The normalized spacial score (nSPS) is 14.8. The highest BCUT2D eigenvalue weighted by Crippen LogP contribution is 1.90. The molecule has 1 fully saturated rings. The maximum atomic E-state index is 9.95. The number of ketones is 1. The number of hydrogen-bond donors (Lipinski definition) is 2. The molecule has 0 unspecified atom stereocenters. The Morgan fingerprint density at radius 3 is 1.92 bits per heavy atom. The Bertz CT molecular complexity index is 134. The van der Waals surface area contributed by atoms with Gasteiger partial charge in [0.05, 0.1) is 6.42 Å². The Labute approximate surface area is 72.5 Å². The minimum atomic E-state index is -0.562. The van der Waals surface area contributed by atoms with Crippen LogP contribution in [-0.4, -0.2) is 24.8 Å². The van der Waals surface area contributed by atoms with Crippen molar-refractivity contribution in [3.8, 4) is 0 Å². The summed E-state index contributed by atoms with van der Waals surface area (Å²) in [4.78, 5) is 19.8. The van der Waals surface area contributed by atoms with Crippen LogP contribution in [0.5, 0.6) is 0 Å². The van der Waals surface area contributed by atoms with Crippen LogP contribution in [0.15, 0.2) is 0 Å². The second kappa shape index (κ2) is 6.79. The summed E-state index contributed by atoms with van der Waals surface area (Å²) in [6.45, 7) is 3.82. The molecule has 1 rings (SSSR count). The van der Waals surface area contributed by atoms with Gasteiger partial charge in [-0.05, 0) is 32.9 Å². The van der Waals surface area contributed by atoms with E-state index in [1.165, 1.54) is 32.9 Å². The largest absolute Gasteiger partial charge is 0.369 e. The van der Waals surface area contributed by atoms with E-state index in [1.807, 2.05) is 0 Å². The molecule has 1 saturated heterocycles. The van der Waals surface area contributed by atoms with E-state index in [4.69, 9.17) is 0 Å². The molecule has 0 saturated carbocycles. The van der Waals surface area contributed by atoms with Crippen LogP contribution in [0.3, 0.4) is 0 Å². The highest BCUT2D eigenvalue weighted by Gasteiger charge is 1.95. The van der Waals surface area contributed by atoms with Crippen LogP contribution < -0.4 is 11.1 Å². The molecule has 4 heteroatoms. The van der Waals surface area contributed by atoms with E-state index in [2.05, 4.69) is 11.1 Å². The van der Waals surface area contributed by atoms with Crippen LogP contribution in [0, 0.1) is 0 Å². The van der Waals surface area contributed by atoms with Crippen molar-refractivity contribution in [1.82, 2.24) is 5.32 Å². The monoisotopic (exact) mass is 172 g/mol. The highest BCUT2D eigenvalue weighted by molar-refractivity contribution is 5.95. The smallest absolute Gasteiger partial charge is 0.224 e. The fourth-order valence-electron chi connectivity index (χ4n) is 0.870. The zero-order valence-electron chi connectivity index (χ0n) is 7.43. The number of carbonyl (C=O) groups is 2. The molecule has 0 radical (unpaired) electrons. The SMILES string of the molecule is C1CCNC1.CC(=O)CC(N)=O. The van der Waals surface area contributed by atoms with Crippen molar-refractivity contribution in [3.63, 3.8) is 0 Å². The molecule has 0 spiro atoms. The minimum absolute atomic E-state index is 0.139. The molecular weight excluding hydrogens is 156 g/mol. The quantitative estimate of drug-likeness (QED) is 0.567. The van der Waals surface area contributed by atoms with Gasteiger partial charge in [-0.15, -0.1) is 0 Å². The Balaban J connectivity index is 0.000000211. The van der Waals surface area contributed by atoms with E-state index in [1.54, 1.807) is 0 Å². The first kappa shape index (κ1) is 11.1. The first-order chi connectivity index (χ1) is 5.63. The molecular formula is C8H16N2O2. The lowest BCUT2D eigenvalue weighted by molar-refractivity contribution is -0.125. The first-order valence-electron chi connectivity index (χ1n) is 4.11. The van der Waals surface area contributed by atoms with Crippen LogP contribution in [0.2, 0.25) is 0 Å². The molecule has 4 nitrogen and oxygen atoms in total. The van der Waals surface area contributed by atoms with Crippen LogP contribution in [0.4, 0.5) is 0 Å². The minimum Gasteiger partial charge on any atom is -0.369 e. The van der Waals surface area contributed by atoms with Gasteiger partial charge in [-0.3, -0.25) is 9.59 Å². The zero-order chi connectivity index (χ0) is 9.40. The van der Waals surface area contributed by atoms with Crippen LogP contribution >= 0.6 is 0 Å². The number of hydrogen-bond acceptors (Lipinski definition) is 3. The lowest BCUT2D eigenvalue weighted by Gasteiger charge is -1.82. The molecule has 0 aliphatic carbocycles. The maximum absolute atomic E-state index is 9.95. The predicted octanol–water partition coefficient (Wildman–Crippen LogP) is -0.179. The molecule has 1 aliphatic heterocycles. The van der Waals surface area contributed by atoms with Crippen LogP contribution in [0.25, 0.3) is 0 Å². The third-order valence-corrected chi connectivity index (χ3v) is 1.38. The topological polar surface area (TPSA) is 72.2 Å². The highest BCUT2D eigenvalue weighted by atomic mass is 16.2. The molecule has 0 aromatic carbocycles. The van der Waals surface area contributed by atoms with Gasteiger partial charge < -0.3 is 11.1 Å². The number of nitrogens with two attached hydrogens (primary N) is 1. The first-order valence-corrected chi connectivity index (χ1v) is 4.11. The second-order valence-corrected chi connectivity index (χ2v) is 2.80. The van der Waals surface area contributed by atoms with Crippen LogP contribution in [-0.2, 0) is 9.59 Å². The van der Waals surface area contributed by atoms with E-state index >= 15 is 0 Å². The average molecular weight is 172 g/mol. The Kier molecular flexibility index (Phi) is 6.28. The summed E-state index contributed by atoms with van der Waals surface area (Å²) >= 11 is 0. The number of Topliss-reactive ketones (excluding diaryl/α,β-unsaturated/α-hetero) is 1. The van der Waals surface area contributed by atoms with Gasteiger partial charge in [0.25, 0.3) is 0 Å². The van der Waals surface area contributed by atoms with E-state index in [0.717, 1.165) is 0 Å². The van der Waals surface area contributed by atoms with Gasteiger partial charge in [0, 0.05) is 0 Å². The standard InChI is InChI=1S/C4H7NO2.C4H9N/c1-3(6)2-4(5)7;1-2-4-5-3-1/h2H2,1H3,(H2,5,7);5H,1-4H2. The summed E-state index contributed by atoms with van der Waals surface area (Å²) in [7, 11) is 0. The third-order valence-electron chi connectivity index (χ3n) is 1.38. The van der Waals surface area contributed by atoms with Crippen molar-refractivity contribution in [3.05, 3.63) is 0 Å². The van der Waals surface area contributed by atoms with Gasteiger partial charge in [-0.2, -0.15) is 0 Å². The van der Waals surface area contributed by atoms with Gasteiger partial charge in [0.1, 0.15) is 5.78 Å². The van der Waals surface area contributed by atoms with E-state index < -0.39 is 5.91 Å². The molecule has 1 amide bonds. The number of rotatable bonds is 2. The van der Waals surface area contributed by atoms with Crippen molar-refractivity contribution in [2.45, 2.75) is 26.2 Å². The van der Waals surface area contributed by atoms with Gasteiger partial charge in [0.2, 0.25) is 5.91 Å². The number of nitrogens with one attached hydrogen (secondary N) is 1. The maximum Gasteiger partial charge on any atom is 0.224 e. The van der Waals surface area contributed by atoms with Crippen LogP contribution in [0.1, 0.15) is 26.2 Å². The lowest BCUT2D eigenvalue weighted by atomic mass is 10.3. The fourth-order valence-corrected chi connectivity index (χ4v) is 0.870. The number of primary amides is 1. The van der Waals surface area contributed by atoms with Gasteiger partial charge in [-0.1, -0.05) is 0 Å². The molecule has 3 N–H and O–H groups in total. The predicted molar refractivity (Wildman–Crippen MR) is 46.6 cm³/mol. The summed E-state index contributed by atoms with van der Waals surface area (Å²) in [5.74, 6) is -0.750. The van der Waals surface area contributed by atoms with E-state index in [-0.39, 0.29) is 12.2 Å². The fraction of sp³-hybridized carbons (Fsp3) is 0.750. The summed E-state index contributed by atoms with van der Waals surface area (Å²) in [6, 6.07) is 0. The Morgan fingerprint density at radius 2 is 1.83 bits per heavy atom. The molecule has 0 aromatic heterocycles. The van der Waals surface area contributed by atoms with Crippen molar-refractivity contribution >= 4 is 11.7 Å². The molecule has 12 heavy (non-hydrogen) atoms. The lowest BCUT2D eigenvalue weighted by Crippen LogP contribution is -2.13. The molecule has 70 valence electrons. The van der Waals surface area contributed by atoms with Gasteiger partial charge in [0.15, 0.2) is 0 Å². The molecule has 1 heterocycles. The van der Waals surface area contributed by atoms with Crippen molar-refractivity contribution < 1.29 is 9.59 Å². The summed E-state index contributed by atoms with van der Waals surface area (Å²) in [5.41, 5.74) is 4.63. The molecule has 1 aliphatic rings. The third kappa shape index (κ3) is 9.10. The number of carbonyl (C=O) groups excluding carboxylic acids is 2. The molecule has 0 aromatic rings. The number of amides is 1. The molecule has 0 bridgehead atoms. The second-order valence-electron chi connectivity index (χ2n) is 2.80. The summed E-state index contributed by atoms with van der Waals surface area (Å²) < 4.78 is 0. The van der Waals surface area contributed by atoms with E-state index in [9.17, 15) is 9.59 Å². The van der Waals surface area contributed by atoms with Crippen molar-refractivity contribution in [2.24, 2.45) is 5.73 Å². The summed E-state index contributed by atoms with van der Waals surface area (Å²) in [5, 5.41) is 3.22. The van der Waals surface area contributed by atoms with Crippen molar-refractivity contribution in [1.29, 1.82) is 0 Å². The van der Waals surface area contributed by atoms with Gasteiger partial charge >= 0.3 is 0 Å². The Morgan fingerprint density at radius 1 is 1.33 bits per heavy atom.